The molecule has 0 radical (unpaired) electrons. The van der Waals surface area contributed by atoms with Gasteiger partial charge in [-0.25, -0.2) is 4.98 Å². The maximum absolute atomic E-state index is 12.7. The fourth-order valence-electron chi connectivity index (χ4n) is 3.42. The van der Waals surface area contributed by atoms with Crippen LogP contribution in [-0.4, -0.2) is 57.8 Å². The van der Waals surface area contributed by atoms with E-state index < -0.39 is 11.9 Å². The summed E-state index contributed by atoms with van der Waals surface area (Å²) in [6.07, 6.45) is -1.10. The molecule has 1 aliphatic heterocycles. The van der Waals surface area contributed by atoms with E-state index in [0.717, 1.165) is 12.5 Å². The second kappa shape index (κ2) is 8.91. The van der Waals surface area contributed by atoms with Crippen molar-refractivity contribution in [2.24, 2.45) is 0 Å². The predicted octanol–water partition coefficient (Wildman–Crippen LogP) is 3.36. The van der Waals surface area contributed by atoms with Gasteiger partial charge in [-0.1, -0.05) is 6.07 Å². The van der Waals surface area contributed by atoms with Gasteiger partial charge in [0.2, 0.25) is 5.91 Å². The molecule has 0 saturated carbocycles. The minimum atomic E-state index is -4.48. The first-order valence-electron chi connectivity index (χ1n) is 9.84. The van der Waals surface area contributed by atoms with Crippen LogP contribution < -0.4 is 5.32 Å². The van der Waals surface area contributed by atoms with Crippen molar-refractivity contribution in [1.82, 2.24) is 19.8 Å². The number of aromatic nitrogens is 2. The molecule has 0 unspecified atom stereocenters. The average Bonchev–Trinajstić information content (AvgIpc) is 3.22. The lowest BCUT2D eigenvalue weighted by Crippen LogP contribution is -2.38. The van der Waals surface area contributed by atoms with E-state index in [-0.39, 0.29) is 23.9 Å². The number of halogens is 3. The first-order valence-corrected chi connectivity index (χ1v) is 9.84. The summed E-state index contributed by atoms with van der Waals surface area (Å²) in [6, 6.07) is 5.29. The number of carbonyl (C=O) groups is 2. The van der Waals surface area contributed by atoms with Crippen molar-refractivity contribution < 1.29 is 22.8 Å². The summed E-state index contributed by atoms with van der Waals surface area (Å²) in [4.78, 5) is 35.3. The molecule has 2 aromatic rings. The average molecular weight is 435 g/mol. The topological polar surface area (TPSA) is 78.4 Å². The van der Waals surface area contributed by atoms with Crippen LogP contribution in [0.1, 0.15) is 47.9 Å². The SMILES string of the molecule is CC(=O)N(C)[C@H]1CCN(C(=O)c2ccc(N[C@@H](C)c3ccc(C(F)(F)F)nc3)nc2)C1. The standard InChI is InChI=1S/C21H24F3N5O2/c1-13(15-4-6-18(25-10-15)21(22,23)24)27-19-7-5-16(11-26-19)20(31)29-9-8-17(12-29)28(3)14(2)30/h4-7,10-11,13,17H,8-9,12H2,1-3H3,(H,26,27)/t13-,17-/m0/s1. The molecule has 0 aromatic carbocycles. The highest BCUT2D eigenvalue weighted by Crippen LogP contribution is 2.28. The zero-order valence-corrected chi connectivity index (χ0v) is 17.5. The Morgan fingerprint density at radius 2 is 1.94 bits per heavy atom. The van der Waals surface area contributed by atoms with Gasteiger partial charge in [0.15, 0.2) is 0 Å². The van der Waals surface area contributed by atoms with Gasteiger partial charge in [0.25, 0.3) is 5.91 Å². The summed E-state index contributed by atoms with van der Waals surface area (Å²) < 4.78 is 37.9. The quantitative estimate of drug-likeness (QED) is 0.779. The minimum absolute atomic E-state index is 0.00791. The molecule has 166 valence electrons. The summed E-state index contributed by atoms with van der Waals surface area (Å²) in [5, 5.41) is 3.09. The number of hydrogen-bond acceptors (Lipinski definition) is 5. The van der Waals surface area contributed by atoms with Gasteiger partial charge in [-0.05, 0) is 37.1 Å². The zero-order chi connectivity index (χ0) is 22.8. The van der Waals surface area contributed by atoms with Gasteiger partial charge in [0.05, 0.1) is 17.6 Å². The number of nitrogens with one attached hydrogen (secondary N) is 1. The zero-order valence-electron chi connectivity index (χ0n) is 17.5. The van der Waals surface area contributed by atoms with Crippen molar-refractivity contribution in [3.63, 3.8) is 0 Å². The van der Waals surface area contributed by atoms with Crippen LogP contribution >= 0.6 is 0 Å². The Kier molecular flexibility index (Phi) is 6.47. The van der Waals surface area contributed by atoms with Crippen molar-refractivity contribution in [2.75, 3.05) is 25.5 Å². The van der Waals surface area contributed by atoms with Gasteiger partial charge in [0, 0.05) is 39.5 Å². The molecule has 2 amide bonds. The lowest BCUT2D eigenvalue weighted by molar-refractivity contribution is -0.141. The third-order valence-corrected chi connectivity index (χ3v) is 5.45. The molecule has 7 nitrogen and oxygen atoms in total. The second-order valence-electron chi connectivity index (χ2n) is 7.60. The maximum Gasteiger partial charge on any atom is 0.433 e. The molecule has 2 atom stereocenters. The van der Waals surface area contributed by atoms with Crippen LogP contribution in [0.3, 0.4) is 0 Å². The monoisotopic (exact) mass is 435 g/mol. The molecule has 3 heterocycles. The van der Waals surface area contributed by atoms with Crippen molar-refractivity contribution in [3.8, 4) is 0 Å². The number of alkyl halides is 3. The van der Waals surface area contributed by atoms with Crippen LogP contribution in [-0.2, 0) is 11.0 Å². The number of rotatable bonds is 5. The molecule has 1 saturated heterocycles. The smallest absolute Gasteiger partial charge is 0.363 e. The Labute approximate surface area is 178 Å². The minimum Gasteiger partial charge on any atom is -0.363 e. The van der Waals surface area contributed by atoms with Crippen molar-refractivity contribution >= 4 is 17.6 Å². The molecular weight excluding hydrogens is 411 g/mol. The largest absolute Gasteiger partial charge is 0.433 e. The molecule has 10 heteroatoms. The molecule has 0 spiro atoms. The van der Waals surface area contributed by atoms with Crippen LogP contribution in [0.15, 0.2) is 36.7 Å². The highest BCUT2D eigenvalue weighted by molar-refractivity contribution is 5.94. The molecule has 3 rings (SSSR count). The van der Waals surface area contributed by atoms with E-state index in [2.05, 4.69) is 15.3 Å². The van der Waals surface area contributed by atoms with Gasteiger partial charge in [0.1, 0.15) is 11.5 Å². The van der Waals surface area contributed by atoms with Crippen molar-refractivity contribution in [3.05, 3.63) is 53.5 Å². The van der Waals surface area contributed by atoms with Crippen LogP contribution in [0.25, 0.3) is 0 Å². The molecule has 0 aliphatic carbocycles. The Morgan fingerprint density at radius 3 is 2.48 bits per heavy atom. The molecular formula is C21H24F3N5O2. The van der Waals surface area contributed by atoms with E-state index >= 15 is 0 Å². The van der Waals surface area contributed by atoms with Gasteiger partial charge in [-0.15, -0.1) is 0 Å². The van der Waals surface area contributed by atoms with Crippen LogP contribution in [0, 0.1) is 0 Å². The Balaban J connectivity index is 1.60. The van der Waals surface area contributed by atoms with E-state index in [4.69, 9.17) is 0 Å². The number of nitrogens with zero attached hydrogens (tertiary/aromatic N) is 4. The molecule has 31 heavy (non-hydrogen) atoms. The lowest BCUT2D eigenvalue weighted by atomic mass is 10.1. The Morgan fingerprint density at radius 1 is 1.19 bits per heavy atom. The van der Waals surface area contributed by atoms with Gasteiger partial charge < -0.3 is 15.1 Å². The summed E-state index contributed by atoms with van der Waals surface area (Å²) in [6.45, 7) is 4.33. The van der Waals surface area contributed by atoms with E-state index in [9.17, 15) is 22.8 Å². The van der Waals surface area contributed by atoms with E-state index in [1.165, 1.54) is 25.4 Å². The normalized spacial score (nSPS) is 17.4. The molecule has 1 fully saturated rings. The van der Waals surface area contributed by atoms with Crippen molar-refractivity contribution in [1.29, 1.82) is 0 Å². The molecule has 1 N–H and O–H groups in total. The number of amides is 2. The Hall–Kier alpha value is -3.17. The number of likely N-dealkylation sites (tertiary alicyclic amines) is 1. The summed E-state index contributed by atoms with van der Waals surface area (Å²) in [7, 11) is 1.73. The fourth-order valence-corrected chi connectivity index (χ4v) is 3.42. The van der Waals surface area contributed by atoms with Gasteiger partial charge in [-0.2, -0.15) is 13.2 Å². The number of hydrogen-bond donors (Lipinski definition) is 1. The first-order chi connectivity index (χ1) is 14.6. The number of pyridine rings is 2. The summed E-state index contributed by atoms with van der Waals surface area (Å²) >= 11 is 0. The summed E-state index contributed by atoms with van der Waals surface area (Å²) in [5.41, 5.74) is 0.0660. The number of anilines is 1. The van der Waals surface area contributed by atoms with E-state index in [1.54, 1.807) is 35.9 Å². The second-order valence-corrected chi connectivity index (χ2v) is 7.60. The van der Waals surface area contributed by atoms with Crippen LogP contribution in [0.2, 0.25) is 0 Å². The summed E-state index contributed by atoms with van der Waals surface area (Å²) in [5.74, 6) is 0.298. The number of likely N-dealkylation sites (N-methyl/N-ethyl adjacent to an activating group) is 1. The third kappa shape index (κ3) is 5.31. The van der Waals surface area contributed by atoms with Gasteiger partial charge in [-0.3, -0.25) is 14.6 Å². The van der Waals surface area contributed by atoms with Gasteiger partial charge >= 0.3 is 6.18 Å². The molecule has 0 bridgehead atoms. The third-order valence-electron chi connectivity index (χ3n) is 5.45. The van der Waals surface area contributed by atoms with E-state index in [1.807, 2.05) is 0 Å². The molecule has 2 aromatic heterocycles. The van der Waals surface area contributed by atoms with E-state index in [0.29, 0.717) is 30.0 Å². The fraction of sp³-hybridized carbons (Fsp3) is 0.429. The first kappa shape index (κ1) is 22.5. The number of carbonyl (C=O) groups excluding carboxylic acids is 2. The lowest BCUT2D eigenvalue weighted by Gasteiger charge is -2.23. The Bertz CT molecular complexity index is 932. The predicted molar refractivity (Wildman–Crippen MR) is 108 cm³/mol. The van der Waals surface area contributed by atoms with Crippen LogP contribution in [0.5, 0.6) is 0 Å². The van der Waals surface area contributed by atoms with Crippen molar-refractivity contribution in [2.45, 2.75) is 38.5 Å². The van der Waals surface area contributed by atoms with Crippen LogP contribution in [0.4, 0.5) is 19.0 Å². The molecule has 1 aliphatic rings. The maximum atomic E-state index is 12.7. The highest BCUT2D eigenvalue weighted by Gasteiger charge is 2.32. The highest BCUT2D eigenvalue weighted by atomic mass is 19.4.